The summed E-state index contributed by atoms with van der Waals surface area (Å²) in [7, 11) is 0. The van der Waals surface area contributed by atoms with Crippen molar-refractivity contribution >= 4 is 0 Å². The zero-order chi connectivity index (χ0) is 9.69. The van der Waals surface area contributed by atoms with Crippen molar-refractivity contribution in [2.24, 2.45) is 23.0 Å². The molecule has 2 heteroatoms. The standard InChI is InChI=1S/C11H21NO/c1-10(2,7-12)11(13)5-3-4-8-6-9(8)11/h8-9,13H,3-7,12H2,1-2H3. The third kappa shape index (κ3) is 1.23. The number of nitrogens with two attached hydrogens (primary N) is 1. The molecule has 0 saturated heterocycles. The van der Waals surface area contributed by atoms with Gasteiger partial charge in [0.15, 0.2) is 0 Å². The van der Waals surface area contributed by atoms with Gasteiger partial charge < -0.3 is 10.8 Å². The minimum absolute atomic E-state index is 0.104. The van der Waals surface area contributed by atoms with Crippen molar-refractivity contribution in [3.8, 4) is 0 Å². The molecule has 0 radical (unpaired) electrons. The van der Waals surface area contributed by atoms with Crippen molar-refractivity contribution in [2.45, 2.75) is 45.1 Å². The lowest BCUT2D eigenvalue weighted by atomic mass is 9.66. The SMILES string of the molecule is CC(C)(CN)C1(O)CCCC2CC21. The van der Waals surface area contributed by atoms with E-state index in [9.17, 15) is 5.11 Å². The maximum absolute atomic E-state index is 10.6. The lowest BCUT2D eigenvalue weighted by Gasteiger charge is -2.45. The Hall–Kier alpha value is -0.0800. The van der Waals surface area contributed by atoms with Gasteiger partial charge in [0.2, 0.25) is 0 Å². The van der Waals surface area contributed by atoms with E-state index in [1.54, 1.807) is 0 Å². The van der Waals surface area contributed by atoms with E-state index in [0.29, 0.717) is 12.5 Å². The monoisotopic (exact) mass is 183 g/mol. The van der Waals surface area contributed by atoms with E-state index in [0.717, 1.165) is 12.3 Å². The molecule has 0 amide bonds. The lowest BCUT2D eigenvalue weighted by Crippen LogP contribution is -2.52. The number of hydrogen-bond donors (Lipinski definition) is 2. The first-order valence-corrected chi connectivity index (χ1v) is 5.44. The largest absolute Gasteiger partial charge is 0.389 e. The molecular formula is C11H21NO. The molecule has 0 spiro atoms. The predicted molar refractivity (Wildman–Crippen MR) is 53.2 cm³/mol. The first-order valence-electron chi connectivity index (χ1n) is 5.44. The summed E-state index contributed by atoms with van der Waals surface area (Å²) < 4.78 is 0. The smallest absolute Gasteiger partial charge is 0.0741 e. The Morgan fingerprint density at radius 3 is 2.85 bits per heavy atom. The maximum atomic E-state index is 10.6. The van der Waals surface area contributed by atoms with Crippen LogP contribution in [0.1, 0.15) is 39.5 Å². The fraction of sp³-hybridized carbons (Fsp3) is 1.00. The molecule has 0 bridgehead atoms. The average molecular weight is 183 g/mol. The quantitative estimate of drug-likeness (QED) is 0.682. The van der Waals surface area contributed by atoms with E-state index in [2.05, 4.69) is 13.8 Å². The molecule has 2 aliphatic carbocycles. The molecule has 2 rings (SSSR count). The van der Waals surface area contributed by atoms with Crippen molar-refractivity contribution in [2.75, 3.05) is 6.54 Å². The van der Waals surface area contributed by atoms with E-state index in [-0.39, 0.29) is 5.41 Å². The van der Waals surface area contributed by atoms with E-state index >= 15 is 0 Å². The van der Waals surface area contributed by atoms with Gasteiger partial charge >= 0.3 is 0 Å². The van der Waals surface area contributed by atoms with Gasteiger partial charge in [-0.1, -0.05) is 20.3 Å². The Morgan fingerprint density at radius 2 is 2.23 bits per heavy atom. The molecule has 0 aromatic carbocycles. The molecule has 3 atom stereocenters. The van der Waals surface area contributed by atoms with Crippen molar-refractivity contribution in [1.82, 2.24) is 0 Å². The highest BCUT2D eigenvalue weighted by Gasteiger charge is 2.59. The highest BCUT2D eigenvalue weighted by molar-refractivity contribution is 5.10. The molecule has 2 fully saturated rings. The highest BCUT2D eigenvalue weighted by atomic mass is 16.3. The Bertz CT molecular complexity index is 214. The van der Waals surface area contributed by atoms with Crippen molar-refractivity contribution in [3.63, 3.8) is 0 Å². The topological polar surface area (TPSA) is 46.2 Å². The van der Waals surface area contributed by atoms with Crippen molar-refractivity contribution in [1.29, 1.82) is 0 Å². The number of fused-ring (bicyclic) bond motifs is 1. The molecule has 13 heavy (non-hydrogen) atoms. The molecule has 76 valence electrons. The molecule has 0 heterocycles. The molecule has 0 aliphatic heterocycles. The zero-order valence-corrected chi connectivity index (χ0v) is 8.71. The Balaban J connectivity index is 2.18. The normalized spacial score (nSPS) is 44.3. The van der Waals surface area contributed by atoms with E-state index < -0.39 is 5.60 Å². The summed E-state index contributed by atoms with van der Waals surface area (Å²) in [5.74, 6) is 1.37. The van der Waals surface area contributed by atoms with Crippen LogP contribution in [0.15, 0.2) is 0 Å². The zero-order valence-electron chi connectivity index (χ0n) is 8.71. The molecule has 2 aliphatic rings. The van der Waals surface area contributed by atoms with Gasteiger partial charge in [0.25, 0.3) is 0 Å². The number of rotatable bonds is 2. The van der Waals surface area contributed by atoms with E-state index in [4.69, 9.17) is 5.73 Å². The van der Waals surface area contributed by atoms with Crippen LogP contribution in [0.5, 0.6) is 0 Å². The summed E-state index contributed by atoms with van der Waals surface area (Å²) in [4.78, 5) is 0. The molecule has 2 saturated carbocycles. The van der Waals surface area contributed by atoms with Crippen LogP contribution in [0.25, 0.3) is 0 Å². The number of aliphatic hydroxyl groups is 1. The minimum Gasteiger partial charge on any atom is -0.389 e. The molecule has 3 unspecified atom stereocenters. The Labute approximate surface area is 80.5 Å². The Morgan fingerprint density at radius 1 is 1.54 bits per heavy atom. The average Bonchev–Trinajstić information content (AvgIpc) is 2.84. The van der Waals surface area contributed by atoms with Crippen LogP contribution in [0.4, 0.5) is 0 Å². The fourth-order valence-corrected chi connectivity index (χ4v) is 2.99. The van der Waals surface area contributed by atoms with Gasteiger partial charge in [-0.3, -0.25) is 0 Å². The molecule has 0 aromatic rings. The van der Waals surface area contributed by atoms with Gasteiger partial charge in [-0.2, -0.15) is 0 Å². The van der Waals surface area contributed by atoms with Crippen LogP contribution in [0.3, 0.4) is 0 Å². The van der Waals surface area contributed by atoms with Gasteiger partial charge in [0, 0.05) is 12.0 Å². The molecule has 2 nitrogen and oxygen atoms in total. The maximum Gasteiger partial charge on any atom is 0.0741 e. The highest BCUT2D eigenvalue weighted by Crippen LogP contribution is 2.59. The summed E-state index contributed by atoms with van der Waals surface area (Å²) in [6, 6.07) is 0. The van der Waals surface area contributed by atoms with Gasteiger partial charge in [-0.05, 0) is 31.1 Å². The third-order valence-corrected chi connectivity index (χ3v) is 4.35. The van der Waals surface area contributed by atoms with Gasteiger partial charge in [0.1, 0.15) is 0 Å². The van der Waals surface area contributed by atoms with Crippen LogP contribution in [0.2, 0.25) is 0 Å². The summed E-state index contributed by atoms with van der Waals surface area (Å²) in [6.07, 6.45) is 4.70. The first-order chi connectivity index (χ1) is 6.01. The lowest BCUT2D eigenvalue weighted by molar-refractivity contribution is -0.101. The van der Waals surface area contributed by atoms with Gasteiger partial charge in [-0.15, -0.1) is 0 Å². The van der Waals surface area contributed by atoms with Crippen LogP contribution in [-0.4, -0.2) is 17.3 Å². The van der Waals surface area contributed by atoms with Crippen LogP contribution >= 0.6 is 0 Å². The second-order valence-corrected chi connectivity index (χ2v) is 5.51. The summed E-state index contributed by atoms with van der Waals surface area (Å²) in [5, 5.41) is 10.6. The van der Waals surface area contributed by atoms with E-state index in [1.165, 1.54) is 19.3 Å². The fourth-order valence-electron chi connectivity index (χ4n) is 2.99. The summed E-state index contributed by atoms with van der Waals surface area (Å²) in [6.45, 7) is 4.80. The van der Waals surface area contributed by atoms with Crippen LogP contribution < -0.4 is 5.73 Å². The molecule has 3 N–H and O–H groups in total. The van der Waals surface area contributed by atoms with Crippen molar-refractivity contribution in [3.05, 3.63) is 0 Å². The Kier molecular flexibility index (Phi) is 1.97. The summed E-state index contributed by atoms with van der Waals surface area (Å²) >= 11 is 0. The summed E-state index contributed by atoms with van der Waals surface area (Å²) in [5.41, 5.74) is 5.17. The molecular weight excluding hydrogens is 162 g/mol. The van der Waals surface area contributed by atoms with Crippen molar-refractivity contribution < 1.29 is 5.11 Å². The second kappa shape index (κ2) is 2.71. The minimum atomic E-state index is -0.468. The number of hydrogen-bond acceptors (Lipinski definition) is 2. The van der Waals surface area contributed by atoms with Gasteiger partial charge in [0.05, 0.1) is 5.60 Å². The van der Waals surface area contributed by atoms with Crippen LogP contribution in [-0.2, 0) is 0 Å². The molecule has 0 aromatic heterocycles. The first kappa shape index (κ1) is 9.47. The predicted octanol–water partition coefficient (Wildman–Crippen LogP) is 1.52. The second-order valence-electron chi connectivity index (χ2n) is 5.51. The van der Waals surface area contributed by atoms with E-state index in [1.807, 2.05) is 0 Å². The van der Waals surface area contributed by atoms with Crippen LogP contribution in [0, 0.1) is 17.3 Å². The van der Waals surface area contributed by atoms with Gasteiger partial charge in [-0.25, -0.2) is 0 Å². The third-order valence-electron chi connectivity index (χ3n) is 4.35.